The van der Waals surface area contributed by atoms with Gasteiger partial charge >= 0.3 is 0 Å². The second-order valence-corrected chi connectivity index (χ2v) is 7.34. The first-order valence-corrected chi connectivity index (χ1v) is 9.79. The van der Waals surface area contributed by atoms with E-state index in [1.807, 2.05) is 31.2 Å². The van der Waals surface area contributed by atoms with Crippen molar-refractivity contribution in [3.8, 4) is 0 Å². The van der Waals surface area contributed by atoms with Gasteiger partial charge < -0.3 is 20.1 Å². The number of nitrogens with zero attached hydrogens (tertiary/aromatic N) is 1. The number of rotatable bonds is 6. The number of allylic oxidation sites excluding steroid dienone is 4. The van der Waals surface area contributed by atoms with Crippen LogP contribution in [0.25, 0.3) is 0 Å². The van der Waals surface area contributed by atoms with Gasteiger partial charge in [-0.2, -0.15) is 0 Å². The third-order valence-corrected chi connectivity index (χ3v) is 5.13. The molecule has 2 aliphatic rings. The Hall–Kier alpha value is -2.93. The molecule has 1 aliphatic heterocycles. The van der Waals surface area contributed by atoms with Crippen LogP contribution in [-0.4, -0.2) is 37.5 Å². The van der Waals surface area contributed by atoms with E-state index >= 15 is 0 Å². The quantitative estimate of drug-likeness (QED) is 0.697. The summed E-state index contributed by atoms with van der Waals surface area (Å²) >= 11 is 5.38. The van der Waals surface area contributed by atoms with Gasteiger partial charge in [-0.3, -0.25) is 4.79 Å². The molecule has 0 spiro atoms. The first-order valence-electron chi connectivity index (χ1n) is 9.39. The number of aryl methyl sites for hydroxylation is 2. The molecule has 1 amide bonds. The predicted octanol–water partition coefficient (Wildman–Crippen LogP) is 3.58. The number of methoxy groups -OCH3 is 2. The maximum Gasteiger partial charge on any atom is 0.273 e. The van der Waals surface area contributed by atoms with Gasteiger partial charge in [0, 0.05) is 17.8 Å². The summed E-state index contributed by atoms with van der Waals surface area (Å²) in [5.41, 5.74) is 4.50. The van der Waals surface area contributed by atoms with Crippen LogP contribution in [0, 0.1) is 19.8 Å². The van der Waals surface area contributed by atoms with Crippen LogP contribution in [0.3, 0.4) is 0 Å². The molecule has 0 saturated carbocycles. The van der Waals surface area contributed by atoms with Crippen molar-refractivity contribution in [1.29, 1.82) is 0 Å². The fourth-order valence-electron chi connectivity index (χ4n) is 3.36. The maximum absolute atomic E-state index is 12.5. The molecule has 0 saturated heterocycles. The SMILES string of the molecule is COC1=CC=C(OC)C2C=C(CCNC(=S)Nc3ccc(C)cc3C)C(=O)N=C12. The Labute approximate surface area is 176 Å². The molecule has 0 bridgehead atoms. The van der Waals surface area contributed by atoms with Crippen LogP contribution in [-0.2, 0) is 14.3 Å². The summed E-state index contributed by atoms with van der Waals surface area (Å²) in [4.78, 5) is 16.7. The lowest BCUT2D eigenvalue weighted by atomic mass is 9.89. The fourth-order valence-corrected chi connectivity index (χ4v) is 3.58. The highest BCUT2D eigenvalue weighted by Crippen LogP contribution is 2.30. The number of amides is 1. The lowest BCUT2D eigenvalue weighted by Gasteiger charge is -2.26. The van der Waals surface area contributed by atoms with Gasteiger partial charge in [-0.1, -0.05) is 23.8 Å². The van der Waals surface area contributed by atoms with Crippen LogP contribution < -0.4 is 10.6 Å². The van der Waals surface area contributed by atoms with E-state index in [0.717, 1.165) is 17.0 Å². The summed E-state index contributed by atoms with van der Waals surface area (Å²) < 4.78 is 10.8. The number of hydrogen-bond donors (Lipinski definition) is 2. The van der Waals surface area contributed by atoms with E-state index in [4.69, 9.17) is 21.7 Å². The standard InChI is InChI=1S/C22H25N3O3S/c1-13-5-6-17(14(2)11-13)24-22(29)23-10-9-15-12-16-18(27-3)7-8-19(28-4)20(16)25-21(15)26/h5-8,11-12,16H,9-10H2,1-4H3,(H2,23,24,29). The number of dihydropyridines is 1. The topological polar surface area (TPSA) is 72.0 Å². The van der Waals surface area contributed by atoms with E-state index in [-0.39, 0.29) is 11.8 Å². The van der Waals surface area contributed by atoms with Gasteiger partial charge in [0.2, 0.25) is 0 Å². The van der Waals surface area contributed by atoms with Crippen molar-refractivity contribution < 1.29 is 14.3 Å². The number of aliphatic imine (C=N–C) groups is 1. The number of carbonyl (C=O) groups excluding carboxylic acids is 1. The molecule has 1 heterocycles. The number of thiocarbonyl (C=S) groups is 1. The van der Waals surface area contributed by atoms with Crippen molar-refractivity contribution >= 4 is 34.6 Å². The summed E-state index contributed by atoms with van der Waals surface area (Å²) in [6.07, 6.45) is 6.00. The summed E-state index contributed by atoms with van der Waals surface area (Å²) in [6.45, 7) is 4.61. The highest BCUT2D eigenvalue weighted by atomic mass is 32.1. The maximum atomic E-state index is 12.5. The Morgan fingerprint density at radius 3 is 2.69 bits per heavy atom. The number of anilines is 1. The third-order valence-electron chi connectivity index (χ3n) is 4.88. The molecule has 1 unspecified atom stereocenters. The Bertz CT molecular complexity index is 960. The lowest BCUT2D eigenvalue weighted by molar-refractivity contribution is -0.114. The number of ether oxygens (including phenoxy) is 2. The zero-order valence-electron chi connectivity index (χ0n) is 17.0. The van der Waals surface area contributed by atoms with Gasteiger partial charge in [0.1, 0.15) is 17.2 Å². The van der Waals surface area contributed by atoms with Crippen LogP contribution in [0.5, 0.6) is 0 Å². The van der Waals surface area contributed by atoms with Crippen molar-refractivity contribution in [1.82, 2.24) is 5.32 Å². The molecule has 1 atom stereocenters. The van der Waals surface area contributed by atoms with Gasteiger partial charge in [0.15, 0.2) is 5.11 Å². The molecule has 1 aromatic carbocycles. The van der Waals surface area contributed by atoms with Crippen molar-refractivity contribution in [3.63, 3.8) is 0 Å². The van der Waals surface area contributed by atoms with Crippen molar-refractivity contribution in [2.24, 2.45) is 10.9 Å². The molecule has 3 rings (SSSR count). The minimum Gasteiger partial charge on any atom is -0.500 e. The Morgan fingerprint density at radius 2 is 2.00 bits per heavy atom. The number of carbonyl (C=O) groups is 1. The Morgan fingerprint density at radius 1 is 1.21 bits per heavy atom. The van der Waals surface area contributed by atoms with Crippen molar-refractivity contribution in [2.45, 2.75) is 20.3 Å². The van der Waals surface area contributed by atoms with Gasteiger partial charge in [-0.25, -0.2) is 4.99 Å². The highest BCUT2D eigenvalue weighted by Gasteiger charge is 2.32. The van der Waals surface area contributed by atoms with Crippen LogP contribution in [0.2, 0.25) is 0 Å². The molecule has 2 N–H and O–H groups in total. The molecular formula is C22H25N3O3S. The van der Waals surface area contributed by atoms with Gasteiger partial charge in [0.05, 0.1) is 20.1 Å². The van der Waals surface area contributed by atoms with Crippen LogP contribution in [0.1, 0.15) is 17.5 Å². The van der Waals surface area contributed by atoms with E-state index in [9.17, 15) is 4.79 Å². The monoisotopic (exact) mass is 411 g/mol. The second kappa shape index (κ2) is 9.05. The fraction of sp³-hybridized carbons (Fsp3) is 0.318. The first-order chi connectivity index (χ1) is 13.9. The van der Waals surface area contributed by atoms with Gasteiger partial charge in [0.25, 0.3) is 5.91 Å². The van der Waals surface area contributed by atoms with Crippen molar-refractivity contribution in [3.05, 3.63) is 64.6 Å². The lowest BCUT2D eigenvalue weighted by Crippen LogP contribution is -2.31. The van der Waals surface area contributed by atoms with Crippen LogP contribution in [0.4, 0.5) is 5.69 Å². The number of fused-ring (bicyclic) bond motifs is 1. The number of nitrogens with one attached hydrogen (secondary N) is 2. The summed E-state index contributed by atoms with van der Waals surface area (Å²) in [7, 11) is 3.17. The van der Waals surface area contributed by atoms with E-state index in [1.54, 1.807) is 20.3 Å². The van der Waals surface area contributed by atoms with Crippen LogP contribution in [0.15, 0.2) is 58.5 Å². The smallest absolute Gasteiger partial charge is 0.273 e. The normalized spacial score (nSPS) is 17.9. The number of benzene rings is 1. The molecule has 7 heteroatoms. The molecule has 6 nitrogen and oxygen atoms in total. The summed E-state index contributed by atoms with van der Waals surface area (Å²) in [6, 6.07) is 6.14. The summed E-state index contributed by atoms with van der Waals surface area (Å²) in [5, 5.41) is 6.87. The van der Waals surface area contributed by atoms with Gasteiger partial charge in [-0.05, 0) is 56.3 Å². The molecule has 0 radical (unpaired) electrons. The first kappa shape index (κ1) is 20.8. The second-order valence-electron chi connectivity index (χ2n) is 6.93. The van der Waals surface area contributed by atoms with E-state index in [1.165, 1.54) is 5.56 Å². The van der Waals surface area contributed by atoms with E-state index in [0.29, 0.717) is 35.1 Å². The number of hydrogen-bond acceptors (Lipinski definition) is 4. The third kappa shape index (κ3) is 4.74. The average molecular weight is 412 g/mol. The molecule has 29 heavy (non-hydrogen) atoms. The van der Waals surface area contributed by atoms with Crippen LogP contribution >= 0.6 is 12.2 Å². The predicted molar refractivity (Wildman–Crippen MR) is 119 cm³/mol. The van der Waals surface area contributed by atoms with Crippen molar-refractivity contribution in [2.75, 3.05) is 26.1 Å². The zero-order valence-corrected chi connectivity index (χ0v) is 17.9. The molecule has 152 valence electrons. The van der Waals surface area contributed by atoms with E-state index in [2.05, 4.69) is 28.6 Å². The molecule has 1 aliphatic carbocycles. The molecular weight excluding hydrogens is 386 g/mol. The Kier molecular flexibility index (Phi) is 6.49. The Balaban J connectivity index is 1.60. The minimum absolute atomic E-state index is 0.215. The molecule has 0 fully saturated rings. The summed E-state index contributed by atoms with van der Waals surface area (Å²) in [5.74, 6) is 0.838. The zero-order chi connectivity index (χ0) is 21.0. The van der Waals surface area contributed by atoms with E-state index < -0.39 is 0 Å². The molecule has 0 aromatic heterocycles. The average Bonchev–Trinajstić information content (AvgIpc) is 2.69. The largest absolute Gasteiger partial charge is 0.500 e. The van der Waals surface area contributed by atoms with Gasteiger partial charge in [-0.15, -0.1) is 0 Å². The minimum atomic E-state index is -0.258. The molecule has 1 aromatic rings. The highest BCUT2D eigenvalue weighted by molar-refractivity contribution is 7.80.